The standard InChI is InChI=1S/C38H34ClF6N7O2/c1-5-46-36-30-26(39)9-8-23(33(30)51(4)50-36)22-7-6-21(10-11-37(2,3)54)47-31(22)27(14-18-12-19(40)15-20(41)13-18)48-28(53)17-52-34-29(32(49-52)35(42)43)24-16-25(24)38(34,44)45/h6-9,12-13,15,24-25,27,35,54H,5,14,16-17H2,1-4H3,(H,46,50)(H,48,53)/t24-,25+,27?/m0/s1. The lowest BCUT2D eigenvalue weighted by molar-refractivity contribution is -0.123. The quantitative estimate of drug-likeness (QED) is 0.1000. The number of rotatable bonds is 10. The number of nitrogens with one attached hydrogen (secondary N) is 2. The number of hydrogen-bond acceptors (Lipinski definition) is 6. The monoisotopic (exact) mass is 769 g/mol. The topological polar surface area (TPSA) is 110 Å². The Morgan fingerprint density at radius 3 is 2.46 bits per heavy atom. The molecule has 9 nitrogen and oxygen atoms in total. The third-order valence-electron chi connectivity index (χ3n) is 9.48. The summed E-state index contributed by atoms with van der Waals surface area (Å²) in [5.74, 6) is -2.03. The third-order valence-corrected chi connectivity index (χ3v) is 9.80. The lowest BCUT2D eigenvalue weighted by atomic mass is 9.93. The Hall–Kier alpha value is -5.07. The average Bonchev–Trinajstić information content (AvgIpc) is 3.62. The SMILES string of the molecule is CCNc1nn(C)c2c(-c3ccc(C#CC(C)(C)O)nc3C(Cc3cc(F)cc(F)c3)NC(=O)Cn3nc(C(F)F)c4c3C(F)(F)[C@@H]3C[C@H]43)ccc(Cl)c12. The first-order valence-electron chi connectivity index (χ1n) is 17.1. The molecule has 0 aliphatic heterocycles. The molecule has 282 valence electrons. The van der Waals surface area contributed by atoms with Crippen LogP contribution in [0.5, 0.6) is 0 Å². The normalized spacial score (nSPS) is 17.6. The van der Waals surface area contributed by atoms with E-state index in [1.165, 1.54) is 13.8 Å². The van der Waals surface area contributed by atoms with Crippen LogP contribution in [0.1, 0.15) is 79.5 Å². The highest BCUT2D eigenvalue weighted by Gasteiger charge is 2.67. The Morgan fingerprint density at radius 2 is 1.80 bits per heavy atom. The van der Waals surface area contributed by atoms with Crippen LogP contribution in [0.2, 0.25) is 5.02 Å². The molecule has 0 bridgehead atoms. The van der Waals surface area contributed by atoms with Crippen molar-refractivity contribution in [2.24, 2.45) is 13.0 Å². The van der Waals surface area contributed by atoms with Crippen molar-refractivity contribution in [2.45, 2.75) is 70.1 Å². The van der Waals surface area contributed by atoms with Gasteiger partial charge in [0.05, 0.1) is 27.7 Å². The molecule has 3 aromatic heterocycles. The summed E-state index contributed by atoms with van der Waals surface area (Å²) in [4.78, 5) is 18.7. The van der Waals surface area contributed by atoms with Crippen LogP contribution in [0, 0.1) is 29.4 Å². The Kier molecular flexibility index (Phi) is 9.42. The Morgan fingerprint density at radius 1 is 1.09 bits per heavy atom. The zero-order valence-electron chi connectivity index (χ0n) is 29.4. The molecule has 2 aliphatic rings. The summed E-state index contributed by atoms with van der Waals surface area (Å²) in [7, 11) is 1.71. The number of aromatic nitrogens is 5. The smallest absolute Gasteiger partial charge is 0.293 e. The van der Waals surface area contributed by atoms with E-state index >= 15 is 8.78 Å². The maximum absolute atomic E-state index is 15.4. The summed E-state index contributed by atoms with van der Waals surface area (Å²) >= 11 is 6.67. The predicted octanol–water partition coefficient (Wildman–Crippen LogP) is 7.56. The van der Waals surface area contributed by atoms with E-state index in [9.17, 15) is 27.5 Å². The van der Waals surface area contributed by atoms with Gasteiger partial charge in [0, 0.05) is 42.3 Å². The molecule has 1 amide bonds. The van der Waals surface area contributed by atoms with Crippen LogP contribution in [0.3, 0.4) is 0 Å². The van der Waals surface area contributed by atoms with Gasteiger partial charge in [-0.05, 0) is 81.3 Å². The number of carbonyl (C=O) groups excluding carboxylic acids is 1. The molecule has 16 heteroatoms. The molecule has 54 heavy (non-hydrogen) atoms. The zero-order chi connectivity index (χ0) is 38.9. The lowest BCUT2D eigenvalue weighted by Gasteiger charge is -2.23. The van der Waals surface area contributed by atoms with Crippen molar-refractivity contribution in [1.82, 2.24) is 29.9 Å². The second-order valence-corrected chi connectivity index (χ2v) is 14.4. The number of aliphatic hydroxyl groups is 1. The maximum atomic E-state index is 15.4. The van der Waals surface area contributed by atoms with Gasteiger partial charge >= 0.3 is 0 Å². The Bertz CT molecular complexity index is 2360. The average molecular weight is 770 g/mol. The summed E-state index contributed by atoms with van der Waals surface area (Å²) in [6.07, 6.45) is -3.34. The number of hydrogen-bond donors (Lipinski definition) is 3. The van der Waals surface area contributed by atoms with E-state index in [1.54, 1.807) is 36.0 Å². The number of carbonyl (C=O) groups is 1. The van der Waals surface area contributed by atoms with Crippen molar-refractivity contribution < 1.29 is 36.2 Å². The van der Waals surface area contributed by atoms with E-state index in [0.717, 1.165) is 12.1 Å². The molecule has 3 atom stereocenters. The van der Waals surface area contributed by atoms with Gasteiger partial charge in [0.1, 0.15) is 40.9 Å². The first kappa shape index (κ1) is 37.3. The number of alkyl halides is 4. The highest BCUT2D eigenvalue weighted by atomic mass is 35.5. The van der Waals surface area contributed by atoms with Crippen molar-refractivity contribution in [3.05, 3.63) is 93.0 Å². The molecular formula is C38H34ClF6N7O2. The van der Waals surface area contributed by atoms with E-state index in [1.807, 2.05) is 6.92 Å². The van der Waals surface area contributed by atoms with E-state index in [0.29, 0.717) is 50.2 Å². The number of benzene rings is 2. The van der Waals surface area contributed by atoms with Crippen LogP contribution in [0.25, 0.3) is 22.0 Å². The van der Waals surface area contributed by atoms with Crippen molar-refractivity contribution in [2.75, 3.05) is 11.9 Å². The van der Waals surface area contributed by atoms with Crippen LogP contribution in [-0.4, -0.2) is 47.7 Å². The summed E-state index contributed by atoms with van der Waals surface area (Å²) < 4.78 is 90.0. The molecule has 1 saturated carbocycles. The Balaban J connectivity index is 1.37. The van der Waals surface area contributed by atoms with Gasteiger partial charge in [-0.2, -0.15) is 19.0 Å². The molecule has 7 rings (SSSR count). The number of amides is 1. The van der Waals surface area contributed by atoms with Crippen LogP contribution in [-0.2, 0) is 30.7 Å². The van der Waals surface area contributed by atoms with Gasteiger partial charge in [-0.1, -0.05) is 23.6 Å². The van der Waals surface area contributed by atoms with E-state index in [2.05, 4.69) is 32.7 Å². The van der Waals surface area contributed by atoms with Crippen LogP contribution in [0.4, 0.5) is 32.2 Å². The van der Waals surface area contributed by atoms with Crippen LogP contribution < -0.4 is 10.6 Å². The van der Waals surface area contributed by atoms with Gasteiger partial charge in [0.25, 0.3) is 12.3 Å². The molecule has 0 saturated heterocycles. The number of fused-ring (bicyclic) bond motifs is 4. The molecule has 2 aliphatic carbocycles. The second-order valence-electron chi connectivity index (χ2n) is 14.0. The third kappa shape index (κ3) is 6.88. The van der Waals surface area contributed by atoms with Gasteiger partial charge < -0.3 is 15.7 Å². The molecule has 1 unspecified atom stereocenters. The molecule has 0 spiro atoms. The van der Waals surface area contributed by atoms with Crippen LogP contribution in [0.15, 0.2) is 42.5 Å². The van der Waals surface area contributed by atoms with Crippen molar-refractivity contribution in [1.29, 1.82) is 0 Å². The summed E-state index contributed by atoms with van der Waals surface area (Å²) in [6, 6.07) is 8.27. The van der Waals surface area contributed by atoms with Crippen LogP contribution >= 0.6 is 11.6 Å². The van der Waals surface area contributed by atoms with Gasteiger partial charge in [-0.3, -0.25) is 14.2 Å². The summed E-state index contributed by atoms with van der Waals surface area (Å²) in [5.41, 5.74) is -1.15. The molecular weight excluding hydrogens is 736 g/mol. The minimum atomic E-state index is -3.46. The highest BCUT2D eigenvalue weighted by Crippen LogP contribution is 2.68. The molecule has 2 aromatic carbocycles. The van der Waals surface area contributed by atoms with Gasteiger partial charge in [0.15, 0.2) is 5.82 Å². The van der Waals surface area contributed by atoms with Gasteiger partial charge in [0.2, 0.25) is 5.91 Å². The predicted molar refractivity (Wildman–Crippen MR) is 189 cm³/mol. The number of aryl methyl sites for hydroxylation is 1. The number of halogens is 7. The summed E-state index contributed by atoms with van der Waals surface area (Å²) in [5, 5.41) is 25.6. The summed E-state index contributed by atoms with van der Waals surface area (Å²) in [6.45, 7) is 4.53. The molecule has 5 aromatic rings. The second kappa shape index (κ2) is 13.7. The molecule has 3 heterocycles. The largest absolute Gasteiger partial charge is 0.378 e. The number of anilines is 1. The first-order chi connectivity index (χ1) is 25.5. The number of pyridine rings is 1. The molecule has 0 radical (unpaired) electrons. The fraction of sp³-hybridized carbons (Fsp3) is 0.368. The van der Waals surface area contributed by atoms with E-state index in [-0.39, 0.29) is 35.4 Å². The molecule has 1 fully saturated rings. The Labute approximate surface area is 310 Å². The zero-order valence-corrected chi connectivity index (χ0v) is 30.2. The minimum absolute atomic E-state index is 0.0512. The van der Waals surface area contributed by atoms with E-state index in [4.69, 9.17) is 16.6 Å². The fourth-order valence-electron chi connectivity index (χ4n) is 7.28. The first-order valence-corrected chi connectivity index (χ1v) is 17.5. The van der Waals surface area contributed by atoms with Crippen molar-refractivity contribution >= 4 is 34.2 Å². The van der Waals surface area contributed by atoms with Crippen molar-refractivity contribution in [3.63, 3.8) is 0 Å². The highest BCUT2D eigenvalue weighted by molar-refractivity contribution is 6.37. The number of nitrogens with zero attached hydrogens (tertiary/aromatic N) is 5. The van der Waals surface area contributed by atoms with E-state index < -0.39 is 71.3 Å². The van der Waals surface area contributed by atoms with Crippen molar-refractivity contribution in [3.8, 4) is 23.0 Å². The fourth-order valence-corrected chi connectivity index (χ4v) is 7.52. The minimum Gasteiger partial charge on any atom is -0.378 e. The van der Waals surface area contributed by atoms with Gasteiger partial charge in [-0.25, -0.2) is 22.5 Å². The lowest BCUT2D eigenvalue weighted by Crippen LogP contribution is -2.35. The molecule has 3 N–H and O–H groups in total. The maximum Gasteiger partial charge on any atom is 0.293 e. The van der Waals surface area contributed by atoms with Gasteiger partial charge in [-0.15, -0.1) is 0 Å².